The molecule has 0 saturated carbocycles. The highest BCUT2D eigenvalue weighted by atomic mass is 16.5. The van der Waals surface area contributed by atoms with Crippen LogP contribution >= 0.6 is 0 Å². The molecule has 0 atom stereocenters. The summed E-state index contributed by atoms with van der Waals surface area (Å²) < 4.78 is 5.40. The van der Waals surface area contributed by atoms with Gasteiger partial charge < -0.3 is 4.74 Å². The van der Waals surface area contributed by atoms with E-state index in [4.69, 9.17) is 4.74 Å². The van der Waals surface area contributed by atoms with E-state index < -0.39 is 0 Å². The Balaban J connectivity index is 2.51. The summed E-state index contributed by atoms with van der Waals surface area (Å²) in [6, 6.07) is 14.2. The van der Waals surface area contributed by atoms with Gasteiger partial charge in [0.15, 0.2) is 0 Å². The fourth-order valence-corrected chi connectivity index (χ4v) is 2.19. The smallest absolute Gasteiger partial charge is 0.134 e. The summed E-state index contributed by atoms with van der Waals surface area (Å²) in [6.07, 6.45) is 2.11. The molecule has 1 heteroatoms. The van der Waals surface area contributed by atoms with Gasteiger partial charge in [0.2, 0.25) is 0 Å². The van der Waals surface area contributed by atoms with E-state index in [1.165, 1.54) is 11.1 Å². The van der Waals surface area contributed by atoms with Crippen LogP contribution in [0, 0.1) is 18.8 Å². The Morgan fingerprint density at radius 3 is 2.52 bits per heavy atom. The van der Waals surface area contributed by atoms with Gasteiger partial charge in [0.1, 0.15) is 5.75 Å². The van der Waals surface area contributed by atoms with Crippen molar-refractivity contribution in [1.82, 2.24) is 0 Å². The molecule has 0 aliphatic heterocycles. The highest BCUT2D eigenvalue weighted by Crippen LogP contribution is 2.22. The van der Waals surface area contributed by atoms with Crippen molar-refractivity contribution in [3.63, 3.8) is 0 Å². The van der Waals surface area contributed by atoms with Gasteiger partial charge >= 0.3 is 0 Å². The lowest BCUT2D eigenvalue weighted by Gasteiger charge is -2.06. The number of benzene rings is 2. The molecule has 0 saturated heterocycles. The topological polar surface area (TPSA) is 9.23 Å². The number of ether oxygens (including phenoxy) is 1. The molecule has 0 unspecified atom stereocenters. The molecule has 0 bridgehead atoms. The Labute approximate surface area is 127 Å². The molecular weight excluding hydrogens is 256 g/mol. The fraction of sp³-hybridized carbons (Fsp3) is 0.200. The van der Waals surface area contributed by atoms with Crippen LogP contribution in [0.3, 0.4) is 0 Å². The minimum absolute atomic E-state index is 0.822. The van der Waals surface area contributed by atoms with E-state index in [-0.39, 0.29) is 0 Å². The number of rotatable bonds is 2. The van der Waals surface area contributed by atoms with Crippen molar-refractivity contribution in [2.45, 2.75) is 20.8 Å². The van der Waals surface area contributed by atoms with Gasteiger partial charge in [-0.2, -0.15) is 0 Å². The summed E-state index contributed by atoms with van der Waals surface area (Å²) in [5.74, 6) is 7.38. The minimum atomic E-state index is 0.822. The van der Waals surface area contributed by atoms with Crippen LogP contribution in [-0.4, -0.2) is 7.11 Å². The average Bonchev–Trinajstić information content (AvgIpc) is 2.53. The van der Waals surface area contributed by atoms with Gasteiger partial charge in [-0.3, -0.25) is 0 Å². The highest BCUT2D eigenvalue weighted by molar-refractivity contribution is 5.70. The van der Waals surface area contributed by atoms with E-state index in [0.717, 1.165) is 22.4 Å². The van der Waals surface area contributed by atoms with Gasteiger partial charge in [-0.1, -0.05) is 48.2 Å². The molecule has 0 amide bonds. The number of aryl methyl sites for hydroxylation is 1. The largest absolute Gasteiger partial charge is 0.495 e. The molecule has 0 fully saturated rings. The highest BCUT2D eigenvalue weighted by Gasteiger charge is 2.03. The van der Waals surface area contributed by atoms with Crippen LogP contribution in [0.25, 0.3) is 5.57 Å². The third-order valence-corrected chi connectivity index (χ3v) is 3.56. The van der Waals surface area contributed by atoms with Crippen LogP contribution in [0.1, 0.15) is 36.1 Å². The fourth-order valence-electron chi connectivity index (χ4n) is 2.19. The van der Waals surface area contributed by atoms with E-state index >= 15 is 0 Å². The third-order valence-electron chi connectivity index (χ3n) is 3.56. The van der Waals surface area contributed by atoms with Crippen LogP contribution in [0.15, 0.2) is 48.5 Å². The van der Waals surface area contributed by atoms with Gasteiger partial charge in [0.25, 0.3) is 0 Å². The zero-order valence-electron chi connectivity index (χ0n) is 13.0. The Kier molecular flexibility index (Phi) is 4.85. The van der Waals surface area contributed by atoms with Crippen molar-refractivity contribution < 1.29 is 4.74 Å². The molecule has 0 aliphatic rings. The molecule has 2 aromatic rings. The second-order valence-corrected chi connectivity index (χ2v) is 4.92. The van der Waals surface area contributed by atoms with Gasteiger partial charge in [-0.05, 0) is 49.6 Å². The first-order valence-electron chi connectivity index (χ1n) is 7.05. The SMILES string of the molecule is C/C=C(/C)c1ccccc1C#Cc1c(C)cccc1OC. The van der Waals surface area contributed by atoms with Crippen LogP contribution < -0.4 is 4.74 Å². The predicted molar refractivity (Wildman–Crippen MR) is 89.5 cm³/mol. The van der Waals surface area contributed by atoms with Gasteiger partial charge in [0, 0.05) is 5.56 Å². The van der Waals surface area contributed by atoms with Crippen molar-refractivity contribution in [3.8, 4) is 17.6 Å². The molecule has 2 rings (SSSR count). The van der Waals surface area contributed by atoms with E-state index in [1.54, 1.807) is 7.11 Å². The zero-order valence-corrected chi connectivity index (χ0v) is 13.0. The standard InChI is InChI=1S/C20H20O/c1-5-15(2)18-11-7-6-10-17(18)13-14-19-16(3)9-8-12-20(19)21-4/h5-12H,1-4H3/b15-5-. The normalized spacial score (nSPS) is 10.8. The number of hydrogen-bond acceptors (Lipinski definition) is 1. The summed E-state index contributed by atoms with van der Waals surface area (Å²) in [6.45, 7) is 6.20. The van der Waals surface area contributed by atoms with Gasteiger partial charge in [-0.25, -0.2) is 0 Å². The molecule has 21 heavy (non-hydrogen) atoms. The molecule has 0 spiro atoms. The Morgan fingerprint density at radius 2 is 1.81 bits per heavy atom. The summed E-state index contributed by atoms with van der Waals surface area (Å²) >= 11 is 0. The molecule has 2 aromatic carbocycles. The van der Waals surface area contributed by atoms with Crippen molar-refractivity contribution in [3.05, 3.63) is 70.8 Å². The van der Waals surface area contributed by atoms with Crippen LogP contribution in [0.4, 0.5) is 0 Å². The first-order valence-corrected chi connectivity index (χ1v) is 7.05. The Bertz CT molecular complexity index is 727. The molecule has 0 aliphatic carbocycles. The number of allylic oxidation sites excluding steroid dienone is 2. The lowest BCUT2D eigenvalue weighted by molar-refractivity contribution is 0.413. The van der Waals surface area contributed by atoms with Crippen LogP contribution in [-0.2, 0) is 0 Å². The first-order chi connectivity index (χ1) is 10.2. The van der Waals surface area contributed by atoms with E-state index in [0.29, 0.717) is 0 Å². The lowest BCUT2D eigenvalue weighted by atomic mass is 10.0. The van der Waals surface area contributed by atoms with E-state index in [9.17, 15) is 0 Å². The molecule has 0 heterocycles. The minimum Gasteiger partial charge on any atom is -0.495 e. The van der Waals surface area contributed by atoms with Crippen LogP contribution in [0.2, 0.25) is 0 Å². The molecule has 0 radical (unpaired) electrons. The average molecular weight is 276 g/mol. The summed E-state index contributed by atoms with van der Waals surface area (Å²) in [7, 11) is 1.68. The third kappa shape index (κ3) is 3.35. The molecule has 0 N–H and O–H groups in total. The molecular formula is C20H20O. The Hall–Kier alpha value is -2.46. The van der Waals surface area contributed by atoms with Crippen molar-refractivity contribution in [1.29, 1.82) is 0 Å². The quantitative estimate of drug-likeness (QED) is 0.714. The Morgan fingerprint density at radius 1 is 1.05 bits per heavy atom. The number of methoxy groups -OCH3 is 1. The number of hydrogen-bond donors (Lipinski definition) is 0. The van der Waals surface area contributed by atoms with Crippen LogP contribution in [0.5, 0.6) is 5.75 Å². The lowest BCUT2D eigenvalue weighted by Crippen LogP contribution is -1.91. The van der Waals surface area contributed by atoms with Crippen molar-refractivity contribution in [2.24, 2.45) is 0 Å². The monoisotopic (exact) mass is 276 g/mol. The predicted octanol–water partition coefficient (Wildman–Crippen LogP) is 4.83. The maximum absolute atomic E-state index is 5.40. The van der Waals surface area contributed by atoms with Gasteiger partial charge in [-0.15, -0.1) is 0 Å². The maximum Gasteiger partial charge on any atom is 0.134 e. The van der Waals surface area contributed by atoms with Crippen molar-refractivity contribution in [2.75, 3.05) is 7.11 Å². The summed E-state index contributed by atoms with van der Waals surface area (Å²) in [5, 5.41) is 0. The maximum atomic E-state index is 5.40. The molecule has 1 nitrogen and oxygen atoms in total. The second kappa shape index (κ2) is 6.81. The molecule has 0 aromatic heterocycles. The second-order valence-electron chi connectivity index (χ2n) is 4.92. The molecule has 106 valence electrons. The van der Waals surface area contributed by atoms with Crippen molar-refractivity contribution >= 4 is 5.57 Å². The van der Waals surface area contributed by atoms with E-state index in [1.807, 2.05) is 31.2 Å². The van der Waals surface area contributed by atoms with E-state index in [2.05, 4.69) is 50.0 Å². The first kappa shape index (κ1) is 14.9. The zero-order chi connectivity index (χ0) is 15.2. The van der Waals surface area contributed by atoms with Gasteiger partial charge in [0.05, 0.1) is 12.7 Å². The summed E-state index contributed by atoms with van der Waals surface area (Å²) in [4.78, 5) is 0. The summed E-state index contributed by atoms with van der Waals surface area (Å²) in [5.41, 5.74) is 5.53.